The maximum atomic E-state index is 11.4. The summed E-state index contributed by atoms with van der Waals surface area (Å²) < 4.78 is 0. The van der Waals surface area contributed by atoms with Crippen molar-refractivity contribution in [3.05, 3.63) is 42.1 Å². The van der Waals surface area contributed by atoms with E-state index < -0.39 is 5.97 Å². The molecule has 0 bridgehead atoms. The second-order valence-corrected chi connectivity index (χ2v) is 5.36. The molecule has 1 fully saturated rings. The zero-order valence-electron chi connectivity index (χ0n) is 9.81. The summed E-state index contributed by atoms with van der Waals surface area (Å²) in [5, 5.41) is 9.62. The Labute approximate surface area is 113 Å². The summed E-state index contributed by atoms with van der Waals surface area (Å²) in [4.78, 5) is 28.3. The van der Waals surface area contributed by atoms with Crippen molar-refractivity contribution in [2.24, 2.45) is 4.99 Å². The van der Waals surface area contributed by atoms with Gasteiger partial charge in [0.25, 0.3) is 0 Å². The van der Waals surface area contributed by atoms with Gasteiger partial charge in [-0.2, -0.15) is 0 Å². The van der Waals surface area contributed by atoms with Gasteiger partial charge in [-0.3, -0.25) is 9.69 Å². The molecule has 1 amide bonds. The summed E-state index contributed by atoms with van der Waals surface area (Å²) in [6, 6.07) is 9.32. The van der Waals surface area contributed by atoms with E-state index in [2.05, 4.69) is 4.99 Å². The maximum absolute atomic E-state index is 11.4. The molecule has 6 heteroatoms. The van der Waals surface area contributed by atoms with Crippen molar-refractivity contribution in [1.82, 2.24) is 4.90 Å². The number of fused-ring (bicyclic) bond motifs is 1. The SMILES string of the molecule is O=C(O)C1=CC(=Nc2ccccc2)S[C@@H]2CC(=O)N12. The van der Waals surface area contributed by atoms with Gasteiger partial charge in [-0.1, -0.05) is 30.0 Å². The minimum atomic E-state index is -1.10. The zero-order chi connectivity index (χ0) is 13.4. The molecule has 2 aliphatic rings. The number of carboxylic acid groups (broad SMARTS) is 1. The van der Waals surface area contributed by atoms with Crippen LogP contribution >= 0.6 is 11.8 Å². The predicted molar refractivity (Wildman–Crippen MR) is 72.1 cm³/mol. The van der Waals surface area contributed by atoms with Crippen LogP contribution in [0.15, 0.2) is 47.1 Å². The quantitative estimate of drug-likeness (QED) is 0.837. The van der Waals surface area contributed by atoms with E-state index in [1.165, 1.54) is 22.7 Å². The van der Waals surface area contributed by atoms with Gasteiger partial charge in [0.1, 0.15) is 10.7 Å². The summed E-state index contributed by atoms with van der Waals surface area (Å²) in [5.41, 5.74) is 0.778. The van der Waals surface area contributed by atoms with E-state index in [0.717, 1.165) is 5.69 Å². The summed E-state index contributed by atoms with van der Waals surface area (Å²) in [5.74, 6) is -1.25. The first-order valence-corrected chi connectivity index (χ1v) is 6.60. The second kappa shape index (κ2) is 4.55. The summed E-state index contributed by atoms with van der Waals surface area (Å²) in [6.07, 6.45) is 1.82. The number of hydrogen-bond donors (Lipinski definition) is 1. The van der Waals surface area contributed by atoms with Crippen molar-refractivity contribution >= 4 is 34.4 Å². The average molecular weight is 274 g/mol. The van der Waals surface area contributed by atoms with Crippen molar-refractivity contribution in [2.75, 3.05) is 0 Å². The first kappa shape index (κ1) is 12.0. The molecule has 1 N–H and O–H groups in total. The highest BCUT2D eigenvalue weighted by molar-refractivity contribution is 8.15. The minimum Gasteiger partial charge on any atom is -0.477 e. The van der Waals surface area contributed by atoms with E-state index in [-0.39, 0.29) is 17.0 Å². The molecule has 0 aromatic heterocycles. The number of aliphatic imine (C=N–C) groups is 1. The van der Waals surface area contributed by atoms with E-state index in [1.54, 1.807) is 0 Å². The lowest BCUT2D eigenvalue weighted by molar-refractivity contribution is -0.145. The highest BCUT2D eigenvalue weighted by Crippen LogP contribution is 2.38. The summed E-state index contributed by atoms with van der Waals surface area (Å²) in [6.45, 7) is 0. The van der Waals surface area contributed by atoms with Crippen LogP contribution in [0, 0.1) is 0 Å². The fraction of sp³-hybridized carbons (Fsp3) is 0.154. The van der Waals surface area contributed by atoms with Gasteiger partial charge in [0, 0.05) is 6.08 Å². The largest absolute Gasteiger partial charge is 0.477 e. The second-order valence-electron chi connectivity index (χ2n) is 4.16. The Morgan fingerprint density at radius 2 is 2.11 bits per heavy atom. The average Bonchev–Trinajstić information content (AvgIpc) is 2.38. The van der Waals surface area contributed by atoms with Crippen LogP contribution < -0.4 is 0 Å². The number of nitrogens with zero attached hydrogens (tertiary/aromatic N) is 2. The number of β-lactam (4-membered cyclic amide) rings is 1. The first-order chi connectivity index (χ1) is 9.15. The number of benzene rings is 1. The van der Waals surface area contributed by atoms with Gasteiger partial charge < -0.3 is 5.11 Å². The van der Waals surface area contributed by atoms with Gasteiger partial charge in [0.15, 0.2) is 0 Å². The van der Waals surface area contributed by atoms with Gasteiger partial charge in [-0.15, -0.1) is 0 Å². The van der Waals surface area contributed by atoms with Gasteiger partial charge in [-0.25, -0.2) is 9.79 Å². The normalized spacial score (nSPS) is 23.7. The molecule has 2 heterocycles. The molecule has 1 saturated heterocycles. The third kappa shape index (κ3) is 2.15. The smallest absolute Gasteiger partial charge is 0.352 e. The molecule has 1 atom stereocenters. The van der Waals surface area contributed by atoms with Crippen molar-refractivity contribution in [3.63, 3.8) is 0 Å². The lowest BCUT2D eigenvalue weighted by Gasteiger charge is -2.42. The number of aliphatic carboxylic acids is 1. The lowest BCUT2D eigenvalue weighted by atomic mass is 10.1. The van der Waals surface area contributed by atoms with Crippen LogP contribution in [-0.4, -0.2) is 32.3 Å². The molecule has 0 saturated carbocycles. The Morgan fingerprint density at radius 1 is 1.37 bits per heavy atom. The Balaban J connectivity index is 1.96. The fourth-order valence-corrected chi connectivity index (χ4v) is 3.16. The van der Waals surface area contributed by atoms with Gasteiger partial charge in [-0.05, 0) is 12.1 Å². The minimum absolute atomic E-state index is 0.00896. The number of thioether (sulfide) groups is 1. The zero-order valence-corrected chi connectivity index (χ0v) is 10.6. The van der Waals surface area contributed by atoms with Crippen LogP contribution in [0.25, 0.3) is 0 Å². The molecule has 0 aliphatic carbocycles. The number of carboxylic acids is 1. The molecule has 96 valence electrons. The molecule has 0 spiro atoms. The van der Waals surface area contributed by atoms with Crippen molar-refractivity contribution in [1.29, 1.82) is 0 Å². The summed E-state index contributed by atoms with van der Waals surface area (Å²) >= 11 is 1.42. The Morgan fingerprint density at radius 3 is 2.74 bits per heavy atom. The Bertz CT molecular complexity index is 610. The number of amides is 1. The van der Waals surface area contributed by atoms with Gasteiger partial charge in [0.2, 0.25) is 5.91 Å². The highest BCUT2D eigenvalue weighted by atomic mass is 32.2. The van der Waals surface area contributed by atoms with Crippen LogP contribution in [-0.2, 0) is 9.59 Å². The molecular formula is C13H10N2O3S. The van der Waals surface area contributed by atoms with E-state index in [1.807, 2.05) is 30.3 Å². The molecule has 3 rings (SSSR count). The van der Waals surface area contributed by atoms with Crippen LogP contribution in [0.4, 0.5) is 5.69 Å². The third-order valence-electron chi connectivity index (χ3n) is 2.90. The first-order valence-electron chi connectivity index (χ1n) is 5.72. The number of rotatable bonds is 2. The molecule has 2 aliphatic heterocycles. The lowest BCUT2D eigenvalue weighted by Crippen LogP contribution is -2.53. The van der Waals surface area contributed by atoms with Crippen LogP contribution in [0.1, 0.15) is 6.42 Å². The van der Waals surface area contributed by atoms with Crippen molar-refractivity contribution in [2.45, 2.75) is 11.8 Å². The number of carbonyl (C=O) groups is 2. The topological polar surface area (TPSA) is 70.0 Å². The number of hydrogen-bond acceptors (Lipinski definition) is 4. The van der Waals surface area contributed by atoms with Crippen LogP contribution in [0.3, 0.4) is 0 Å². The van der Waals surface area contributed by atoms with E-state index >= 15 is 0 Å². The highest BCUT2D eigenvalue weighted by Gasteiger charge is 2.44. The Kier molecular flexibility index (Phi) is 2.87. The molecule has 19 heavy (non-hydrogen) atoms. The molecule has 0 radical (unpaired) electrons. The monoisotopic (exact) mass is 274 g/mol. The number of carbonyl (C=O) groups excluding carboxylic acids is 1. The van der Waals surface area contributed by atoms with Crippen molar-refractivity contribution < 1.29 is 14.7 Å². The van der Waals surface area contributed by atoms with E-state index in [0.29, 0.717) is 11.5 Å². The fourth-order valence-electron chi connectivity index (χ4n) is 1.98. The molecule has 1 aromatic carbocycles. The summed E-state index contributed by atoms with van der Waals surface area (Å²) in [7, 11) is 0. The maximum Gasteiger partial charge on any atom is 0.352 e. The van der Waals surface area contributed by atoms with Gasteiger partial charge in [0.05, 0.1) is 17.5 Å². The van der Waals surface area contributed by atoms with Crippen LogP contribution in [0.5, 0.6) is 0 Å². The van der Waals surface area contributed by atoms with Gasteiger partial charge >= 0.3 is 5.97 Å². The van der Waals surface area contributed by atoms with Crippen LogP contribution in [0.2, 0.25) is 0 Å². The predicted octanol–water partition coefficient (Wildman–Crippen LogP) is 1.99. The molecule has 0 unspecified atom stereocenters. The molecule has 5 nitrogen and oxygen atoms in total. The third-order valence-corrected chi connectivity index (χ3v) is 4.00. The van der Waals surface area contributed by atoms with Crippen molar-refractivity contribution in [3.8, 4) is 0 Å². The van der Waals surface area contributed by atoms with E-state index in [9.17, 15) is 9.59 Å². The molecule has 1 aromatic rings. The standard InChI is InChI=1S/C13H10N2O3S/c16-11-7-12-15(11)9(13(17)18)6-10(19-12)14-8-4-2-1-3-5-8/h1-6,12H,7H2,(H,17,18)/t12-/m1/s1. The van der Waals surface area contributed by atoms with E-state index in [4.69, 9.17) is 5.11 Å². The Hall–Kier alpha value is -2.08. The number of para-hydroxylation sites is 1. The molecular weight excluding hydrogens is 264 g/mol.